The number of nitrogens with one attached hydrogen (secondary N) is 1. The molecule has 1 aliphatic heterocycles. The van der Waals surface area contributed by atoms with Gasteiger partial charge in [0.25, 0.3) is 0 Å². The Morgan fingerprint density at radius 3 is 2.00 bits per heavy atom. The first-order chi connectivity index (χ1) is 9.80. The monoisotopic (exact) mass is 340 g/mol. The van der Waals surface area contributed by atoms with Crippen molar-refractivity contribution in [3.8, 4) is 0 Å². The molecule has 1 heterocycles. The number of nitrogens with zero attached hydrogens (tertiary/aromatic N) is 1. The third-order valence-electron chi connectivity index (χ3n) is 3.72. The van der Waals surface area contributed by atoms with Crippen molar-refractivity contribution in [1.29, 1.82) is 0 Å². The van der Waals surface area contributed by atoms with E-state index in [9.17, 15) is 16.8 Å². The molecule has 0 radical (unpaired) electrons. The van der Waals surface area contributed by atoms with Gasteiger partial charge in [0.2, 0.25) is 20.0 Å². The van der Waals surface area contributed by atoms with Gasteiger partial charge < -0.3 is 0 Å². The van der Waals surface area contributed by atoms with E-state index in [4.69, 9.17) is 0 Å². The lowest BCUT2D eigenvalue weighted by molar-refractivity contribution is 0.308. The van der Waals surface area contributed by atoms with Crippen molar-refractivity contribution in [2.75, 3.05) is 24.6 Å². The summed E-state index contributed by atoms with van der Waals surface area (Å²) in [4.78, 5) is 0. The number of sulfonamides is 2. The highest BCUT2D eigenvalue weighted by Gasteiger charge is 2.29. The predicted molar refractivity (Wildman–Crippen MR) is 85.1 cm³/mol. The molecule has 0 aromatic rings. The normalized spacial score (nSPS) is 19.0. The number of hydrogen-bond acceptors (Lipinski definition) is 4. The first-order valence-electron chi connectivity index (χ1n) is 7.78. The Kier molecular flexibility index (Phi) is 7.59. The summed E-state index contributed by atoms with van der Waals surface area (Å²) in [7, 11) is -6.40. The highest BCUT2D eigenvalue weighted by atomic mass is 32.2. The minimum Gasteiger partial charge on any atom is -0.212 e. The number of hydrogen-bond donors (Lipinski definition) is 1. The first-order valence-corrected chi connectivity index (χ1v) is 11.0. The van der Waals surface area contributed by atoms with Crippen LogP contribution in [0, 0.1) is 0 Å². The van der Waals surface area contributed by atoms with Crippen LogP contribution in [0.1, 0.15) is 52.4 Å². The van der Waals surface area contributed by atoms with Crippen molar-refractivity contribution >= 4 is 20.0 Å². The summed E-state index contributed by atoms with van der Waals surface area (Å²) in [6.45, 7) is 4.74. The summed E-state index contributed by atoms with van der Waals surface area (Å²) >= 11 is 0. The lowest BCUT2D eigenvalue weighted by Gasteiger charge is -2.31. The van der Waals surface area contributed by atoms with Crippen molar-refractivity contribution in [1.82, 2.24) is 9.03 Å². The second-order valence-electron chi connectivity index (χ2n) is 5.63. The van der Waals surface area contributed by atoms with Crippen LogP contribution in [0.5, 0.6) is 0 Å². The maximum atomic E-state index is 12.1. The Balaban J connectivity index is 2.45. The summed E-state index contributed by atoms with van der Waals surface area (Å²) in [5.74, 6) is 0.342. The van der Waals surface area contributed by atoms with Crippen molar-refractivity contribution < 1.29 is 16.8 Å². The lowest BCUT2D eigenvalue weighted by Crippen LogP contribution is -2.47. The van der Waals surface area contributed by atoms with Gasteiger partial charge in [0, 0.05) is 19.1 Å². The van der Waals surface area contributed by atoms with E-state index < -0.39 is 20.0 Å². The molecular formula is C13H28N2O4S2. The minimum absolute atomic E-state index is 0.135. The molecule has 0 spiro atoms. The topological polar surface area (TPSA) is 83.6 Å². The lowest BCUT2D eigenvalue weighted by atomic mass is 10.1. The molecule has 1 fully saturated rings. The third-order valence-corrected chi connectivity index (χ3v) is 7.19. The van der Waals surface area contributed by atoms with Crippen LogP contribution >= 0.6 is 0 Å². The smallest absolute Gasteiger partial charge is 0.212 e. The molecule has 0 bridgehead atoms. The molecule has 126 valence electrons. The zero-order valence-corrected chi connectivity index (χ0v) is 14.7. The van der Waals surface area contributed by atoms with Crippen LogP contribution in [-0.4, -0.2) is 51.8 Å². The van der Waals surface area contributed by atoms with Crippen LogP contribution in [-0.2, 0) is 20.0 Å². The molecule has 1 aliphatic rings. The van der Waals surface area contributed by atoms with Gasteiger partial charge in [0.15, 0.2) is 0 Å². The summed E-state index contributed by atoms with van der Waals surface area (Å²) in [5, 5.41) is 0. The van der Waals surface area contributed by atoms with Crippen LogP contribution < -0.4 is 4.72 Å². The maximum absolute atomic E-state index is 12.1. The Hall–Kier alpha value is -0.180. The number of unbranched alkanes of at least 4 members (excludes halogenated alkanes) is 2. The zero-order chi connectivity index (χ0) is 15.9. The largest absolute Gasteiger partial charge is 0.214 e. The second kappa shape index (κ2) is 8.45. The molecule has 1 N–H and O–H groups in total. The van der Waals surface area contributed by atoms with Gasteiger partial charge in [0.05, 0.1) is 11.5 Å². The van der Waals surface area contributed by atoms with Crippen molar-refractivity contribution in [3.63, 3.8) is 0 Å². The highest BCUT2D eigenvalue weighted by Crippen LogP contribution is 2.16. The van der Waals surface area contributed by atoms with E-state index in [0.717, 1.165) is 12.8 Å². The first kappa shape index (κ1) is 18.9. The van der Waals surface area contributed by atoms with E-state index in [-0.39, 0.29) is 17.5 Å². The molecule has 0 aromatic carbocycles. The predicted octanol–water partition coefficient (Wildman–Crippen LogP) is 1.30. The fraction of sp³-hybridized carbons (Fsp3) is 1.00. The van der Waals surface area contributed by atoms with E-state index >= 15 is 0 Å². The van der Waals surface area contributed by atoms with E-state index in [1.54, 1.807) is 0 Å². The minimum atomic E-state index is -3.23. The summed E-state index contributed by atoms with van der Waals surface area (Å²) in [6.07, 6.45) is 4.13. The molecule has 0 saturated carbocycles. The molecule has 0 atom stereocenters. The van der Waals surface area contributed by atoms with Crippen LogP contribution in [0.2, 0.25) is 0 Å². The Labute approximate surface area is 129 Å². The summed E-state index contributed by atoms with van der Waals surface area (Å²) < 4.78 is 52.0. The number of piperidine rings is 1. The molecule has 0 aromatic heterocycles. The van der Waals surface area contributed by atoms with Gasteiger partial charge in [-0.2, -0.15) is 0 Å². The quantitative estimate of drug-likeness (QED) is 0.686. The third kappa shape index (κ3) is 6.63. The Bertz CT molecular complexity index is 494. The van der Waals surface area contributed by atoms with Gasteiger partial charge in [-0.1, -0.05) is 26.7 Å². The molecule has 1 rings (SSSR count). The van der Waals surface area contributed by atoms with Gasteiger partial charge in [-0.25, -0.2) is 25.9 Å². The van der Waals surface area contributed by atoms with Crippen molar-refractivity contribution in [2.45, 2.75) is 58.4 Å². The fourth-order valence-electron chi connectivity index (χ4n) is 2.35. The maximum Gasteiger partial charge on any atom is 0.214 e. The molecule has 0 aliphatic carbocycles. The van der Waals surface area contributed by atoms with E-state index in [1.165, 1.54) is 4.31 Å². The van der Waals surface area contributed by atoms with Gasteiger partial charge >= 0.3 is 0 Å². The second-order valence-corrected chi connectivity index (χ2v) is 9.60. The van der Waals surface area contributed by atoms with E-state index in [2.05, 4.69) is 4.72 Å². The average molecular weight is 341 g/mol. The summed E-state index contributed by atoms with van der Waals surface area (Å²) in [6, 6.07) is -0.135. The SMILES string of the molecule is CCCCS(=O)(=O)NC1CCN(S(=O)(=O)CCCC)CC1. The van der Waals surface area contributed by atoms with E-state index in [0.29, 0.717) is 38.8 Å². The van der Waals surface area contributed by atoms with Crippen LogP contribution in [0.4, 0.5) is 0 Å². The van der Waals surface area contributed by atoms with E-state index in [1.807, 2.05) is 13.8 Å². The fourth-order valence-corrected chi connectivity index (χ4v) is 5.56. The van der Waals surface area contributed by atoms with Crippen molar-refractivity contribution in [2.24, 2.45) is 0 Å². The van der Waals surface area contributed by atoms with Crippen LogP contribution in [0.15, 0.2) is 0 Å². The molecule has 0 amide bonds. The molecular weight excluding hydrogens is 312 g/mol. The van der Waals surface area contributed by atoms with Gasteiger partial charge in [-0.05, 0) is 25.7 Å². The number of rotatable bonds is 9. The molecule has 0 unspecified atom stereocenters. The zero-order valence-electron chi connectivity index (χ0n) is 13.0. The molecule has 21 heavy (non-hydrogen) atoms. The standard InChI is InChI=1S/C13H28N2O4S2/c1-3-5-11-20(16,17)14-13-7-9-15(10-8-13)21(18,19)12-6-4-2/h13-14H,3-12H2,1-2H3. The highest BCUT2D eigenvalue weighted by molar-refractivity contribution is 7.89. The summed E-state index contributed by atoms with van der Waals surface area (Å²) in [5.41, 5.74) is 0. The van der Waals surface area contributed by atoms with Gasteiger partial charge in [-0.3, -0.25) is 0 Å². The van der Waals surface area contributed by atoms with Gasteiger partial charge in [-0.15, -0.1) is 0 Å². The average Bonchev–Trinajstić information content (AvgIpc) is 2.43. The Morgan fingerprint density at radius 1 is 0.952 bits per heavy atom. The molecule has 8 heteroatoms. The van der Waals surface area contributed by atoms with Gasteiger partial charge in [0.1, 0.15) is 0 Å². The van der Waals surface area contributed by atoms with Crippen LogP contribution in [0.25, 0.3) is 0 Å². The Morgan fingerprint density at radius 2 is 1.48 bits per heavy atom. The molecule has 6 nitrogen and oxygen atoms in total. The van der Waals surface area contributed by atoms with Crippen LogP contribution in [0.3, 0.4) is 0 Å². The van der Waals surface area contributed by atoms with Crippen molar-refractivity contribution in [3.05, 3.63) is 0 Å². The molecule has 1 saturated heterocycles.